The third-order valence-electron chi connectivity index (χ3n) is 4.14. The summed E-state index contributed by atoms with van der Waals surface area (Å²) in [5.41, 5.74) is 0.362. The first-order valence-corrected chi connectivity index (χ1v) is 9.62. The molecule has 0 atom stereocenters. The number of rotatable bonds is 8. The highest BCUT2D eigenvalue weighted by Crippen LogP contribution is 2.33. The molecule has 2 rings (SSSR count). The van der Waals surface area contributed by atoms with Crippen molar-refractivity contribution in [1.29, 1.82) is 0 Å². The standard InChI is InChI=1S/C21H20ClF3N2O4/c1-13-5-2-3-6-16(13)26-18(28)7-4-8-20(30)31-12-19(29)27-17-11-14(21(23,24)25)9-10-15(17)22/h2-3,5-6,9-11H,4,7-8,12H2,1H3,(H,26,28)(H,27,29). The van der Waals surface area contributed by atoms with Crippen LogP contribution in [-0.4, -0.2) is 24.4 Å². The van der Waals surface area contributed by atoms with Gasteiger partial charge in [-0.05, 0) is 43.2 Å². The lowest BCUT2D eigenvalue weighted by Gasteiger charge is -2.12. The number of amides is 2. The Hall–Kier alpha value is -3.07. The average Bonchev–Trinajstić information content (AvgIpc) is 2.69. The molecule has 0 radical (unpaired) electrons. The fourth-order valence-electron chi connectivity index (χ4n) is 2.52. The van der Waals surface area contributed by atoms with Crippen LogP contribution in [0.2, 0.25) is 5.02 Å². The summed E-state index contributed by atoms with van der Waals surface area (Å²) in [6, 6.07) is 9.73. The Morgan fingerprint density at radius 2 is 1.65 bits per heavy atom. The predicted molar refractivity (Wildman–Crippen MR) is 110 cm³/mol. The number of esters is 1. The number of ether oxygens (including phenoxy) is 1. The first-order chi connectivity index (χ1) is 14.6. The molecule has 31 heavy (non-hydrogen) atoms. The quantitative estimate of drug-likeness (QED) is 0.550. The zero-order chi connectivity index (χ0) is 23.0. The second kappa shape index (κ2) is 10.8. The fourth-order valence-corrected chi connectivity index (χ4v) is 2.69. The summed E-state index contributed by atoms with van der Waals surface area (Å²) in [5.74, 6) is -1.82. The number of para-hydroxylation sites is 1. The molecule has 10 heteroatoms. The molecule has 166 valence electrons. The van der Waals surface area contributed by atoms with E-state index in [2.05, 4.69) is 10.6 Å². The Morgan fingerprint density at radius 3 is 2.32 bits per heavy atom. The molecule has 0 aliphatic rings. The van der Waals surface area contributed by atoms with E-state index < -0.39 is 30.2 Å². The van der Waals surface area contributed by atoms with Crippen molar-refractivity contribution < 1.29 is 32.3 Å². The molecule has 2 aromatic rings. The molecule has 2 aromatic carbocycles. The minimum atomic E-state index is -4.60. The van der Waals surface area contributed by atoms with Crippen molar-refractivity contribution in [3.63, 3.8) is 0 Å². The van der Waals surface area contributed by atoms with Crippen molar-refractivity contribution >= 4 is 40.8 Å². The van der Waals surface area contributed by atoms with Crippen molar-refractivity contribution in [3.05, 3.63) is 58.6 Å². The molecule has 0 saturated carbocycles. The summed E-state index contributed by atoms with van der Waals surface area (Å²) in [6.45, 7) is 1.16. The SMILES string of the molecule is Cc1ccccc1NC(=O)CCCC(=O)OCC(=O)Nc1cc(C(F)(F)F)ccc1Cl. The first kappa shape index (κ1) is 24.2. The van der Waals surface area contributed by atoms with Gasteiger partial charge in [-0.15, -0.1) is 0 Å². The lowest BCUT2D eigenvalue weighted by molar-refractivity contribution is -0.147. The van der Waals surface area contributed by atoms with Gasteiger partial charge in [-0.25, -0.2) is 0 Å². The molecule has 2 amide bonds. The summed E-state index contributed by atoms with van der Waals surface area (Å²) >= 11 is 5.79. The minimum Gasteiger partial charge on any atom is -0.456 e. The van der Waals surface area contributed by atoms with Gasteiger partial charge in [0, 0.05) is 18.5 Å². The second-order valence-corrected chi connectivity index (χ2v) is 7.03. The van der Waals surface area contributed by atoms with Gasteiger partial charge in [0.2, 0.25) is 5.91 Å². The minimum absolute atomic E-state index is 0.0788. The van der Waals surface area contributed by atoms with Gasteiger partial charge >= 0.3 is 12.1 Å². The van der Waals surface area contributed by atoms with Gasteiger partial charge in [-0.1, -0.05) is 29.8 Å². The third-order valence-corrected chi connectivity index (χ3v) is 4.47. The summed E-state index contributed by atoms with van der Waals surface area (Å²) in [5, 5.41) is 4.82. The molecule has 0 saturated heterocycles. The lowest BCUT2D eigenvalue weighted by Crippen LogP contribution is -2.21. The fraction of sp³-hybridized carbons (Fsp3) is 0.286. The van der Waals surface area contributed by atoms with Crippen LogP contribution in [0, 0.1) is 6.92 Å². The molecule has 6 nitrogen and oxygen atoms in total. The largest absolute Gasteiger partial charge is 0.456 e. The van der Waals surface area contributed by atoms with Crippen LogP contribution in [-0.2, 0) is 25.3 Å². The highest BCUT2D eigenvalue weighted by Gasteiger charge is 2.31. The van der Waals surface area contributed by atoms with E-state index >= 15 is 0 Å². The summed E-state index contributed by atoms with van der Waals surface area (Å²) in [4.78, 5) is 35.5. The number of benzene rings is 2. The number of anilines is 2. The van der Waals surface area contributed by atoms with Crippen LogP contribution in [0.4, 0.5) is 24.5 Å². The van der Waals surface area contributed by atoms with Crippen molar-refractivity contribution in [2.75, 3.05) is 17.2 Å². The van der Waals surface area contributed by atoms with E-state index in [9.17, 15) is 27.6 Å². The van der Waals surface area contributed by atoms with Crippen LogP contribution < -0.4 is 10.6 Å². The molecule has 0 heterocycles. The Kier molecular flexibility index (Phi) is 8.44. The second-order valence-electron chi connectivity index (χ2n) is 6.62. The van der Waals surface area contributed by atoms with Crippen LogP contribution in [0.25, 0.3) is 0 Å². The smallest absolute Gasteiger partial charge is 0.416 e. The van der Waals surface area contributed by atoms with Crippen LogP contribution in [0.1, 0.15) is 30.4 Å². The maximum absolute atomic E-state index is 12.8. The number of hydrogen-bond donors (Lipinski definition) is 2. The maximum Gasteiger partial charge on any atom is 0.416 e. The van der Waals surface area contributed by atoms with Gasteiger partial charge in [0.25, 0.3) is 5.91 Å². The predicted octanol–water partition coefficient (Wildman–Crippen LogP) is 4.96. The number of carbonyl (C=O) groups excluding carboxylic acids is 3. The van der Waals surface area contributed by atoms with Crippen molar-refractivity contribution in [2.24, 2.45) is 0 Å². The number of alkyl halides is 3. The third kappa shape index (κ3) is 7.93. The zero-order valence-corrected chi connectivity index (χ0v) is 17.3. The van der Waals surface area contributed by atoms with Crippen LogP contribution in [0.5, 0.6) is 0 Å². The van der Waals surface area contributed by atoms with E-state index in [1.54, 1.807) is 12.1 Å². The Labute approximate surface area is 181 Å². The molecule has 0 spiro atoms. The van der Waals surface area contributed by atoms with Crippen LogP contribution in [0.15, 0.2) is 42.5 Å². The van der Waals surface area contributed by atoms with Crippen molar-refractivity contribution in [1.82, 2.24) is 0 Å². The van der Waals surface area contributed by atoms with Gasteiger partial charge in [0.05, 0.1) is 16.3 Å². The summed E-state index contributed by atoms with van der Waals surface area (Å²) in [6.07, 6.45) is -4.41. The normalized spacial score (nSPS) is 11.0. The lowest BCUT2D eigenvalue weighted by atomic mass is 10.2. The number of halogens is 4. The highest BCUT2D eigenvalue weighted by atomic mass is 35.5. The van der Waals surface area contributed by atoms with Crippen LogP contribution >= 0.6 is 11.6 Å². The van der Waals surface area contributed by atoms with E-state index in [1.807, 2.05) is 19.1 Å². The molecule has 0 aliphatic carbocycles. The monoisotopic (exact) mass is 456 g/mol. The summed E-state index contributed by atoms with van der Waals surface area (Å²) in [7, 11) is 0. The molecule has 0 bridgehead atoms. The molecule has 0 fully saturated rings. The Balaban J connectivity index is 1.73. The molecular weight excluding hydrogens is 437 g/mol. The van der Waals surface area contributed by atoms with Gasteiger partial charge < -0.3 is 15.4 Å². The maximum atomic E-state index is 12.8. The van der Waals surface area contributed by atoms with Gasteiger partial charge in [0.1, 0.15) is 0 Å². The Morgan fingerprint density at radius 1 is 0.968 bits per heavy atom. The van der Waals surface area contributed by atoms with Crippen molar-refractivity contribution in [3.8, 4) is 0 Å². The van der Waals surface area contributed by atoms with Crippen LogP contribution in [0.3, 0.4) is 0 Å². The van der Waals surface area contributed by atoms with E-state index in [0.717, 1.165) is 17.7 Å². The molecule has 0 aromatic heterocycles. The highest BCUT2D eigenvalue weighted by molar-refractivity contribution is 6.33. The van der Waals surface area contributed by atoms with E-state index in [1.165, 1.54) is 0 Å². The molecule has 0 aliphatic heterocycles. The topological polar surface area (TPSA) is 84.5 Å². The molecule has 2 N–H and O–H groups in total. The summed E-state index contributed by atoms with van der Waals surface area (Å²) < 4.78 is 43.0. The zero-order valence-electron chi connectivity index (χ0n) is 16.5. The number of aryl methyl sites for hydroxylation is 1. The first-order valence-electron chi connectivity index (χ1n) is 9.24. The van der Waals surface area contributed by atoms with Crippen molar-refractivity contribution in [2.45, 2.75) is 32.4 Å². The number of carbonyl (C=O) groups is 3. The van der Waals surface area contributed by atoms with E-state index in [0.29, 0.717) is 11.8 Å². The molecular formula is C21H20ClF3N2O4. The Bertz CT molecular complexity index is 964. The van der Waals surface area contributed by atoms with Gasteiger partial charge in [0.15, 0.2) is 6.61 Å². The molecule has 0 unspecified atom stereocenters. The van der Waals surface area contributed by atoms with Gasteiger partial charge in [-0.3, -0.25) is 14.4 Å². The van der Waals surface area contributed by atoms with E-state index in [-0.39, 0.29) is 35.9 Å². The van der Waals surface area contributed by atoms with E-state index in [4.69, 9.17) is 16.3 Å². The average molecular weight is 457 g/mol. The van der Waals surface area contributed by atoms with Gasteiger partial charge in [-0.2, -0.15) is 13.2 Å². The number of nitrogens with one attached hydrogen (secondary N) is 2. The number of hydrogen-bond acceptors (Lipinski definition) is 4.